The molecule has 28 heavy (non-hydrogen) atoms. The molecule has 2 amide bonds. The minimum absolute atomic E-state index is 0.127. The van der Waals surface area contributed by atoms with Crippen molar-refractivity contribution in [3.8, 4) is 17.5 Å². The smallest absolute Gasteiger partial charge is 0.321 e. The second-order valence-corrected chi connectivity index (χ2v) is 6.56. The van der Waals surface area contributed by atoms with Gasteiger partial charge in [0.1, 0.15) is 6.10 Å². The zero-order chi connectivity index (χ0) is 19.9. The lowest BCUT2D eigenvalue weighted by atomic mass is 10.1. The predicted octanol–water partition coefficient (Wildman–Crippen LogP) is 3.13. The van der Waals surface area contributed by atoms with Gasteiger partial charge in [-0.2, -0.15) is 0 Å². The highest BCUT2D eigenvalue weighted by atomic mass is 16.5. The van der Waals surface area contributed by atoms with Crippen LogP contribution < -0.4 is 19.5 Å². The fourth-order valence-electron chi connectivity index (χ4n) is 3.07. The van der Waals surface area contributed by atoms with Crippen molar-refractivity contribution in [2.45, 2.75) is 32.3 Å². The van der Waals surface area contributed by atoms with Crippen molar-refractivity contribution in [3.63, 3.8) is 0 Å². The number of methoxy groups -OCH3 is 2. The van der Waals surface area contributed by atoms with Gasteiger partial charge in [-0.1, -0.05) is 6.92 Å². The number of carbonyl (C=O) groups is 1. The molecule has 2 aromatic rings. The maximum absolute atomic E-state index is 12.7. The number of ether oxygens (including phenoxy) is 3. The third kappa shape index (κ3) is 4.82. The van der Waals surface area contributed by atoms with E-state index >= 15 is 0 Å². The van der Waals surface area contributed by atoms with Gasteiger partial charge < -0.3 is 24.4 Å². The van der Waals surface area contributed by atoms with Crippen LogP contribution in [-0.2, 0) is 6.42 Å². The van der Waals surface area contributed by atoms with E-state index in [1.54, 1.807) is 49.7 Å². The molecular formula is C20H26N4O4. The molecule has 0 aliphatic carbocycles. The first-order valence-electron chi connectivity index (χ1n) is 9.38. The first kappa shape index (κ1) is 19.7. The van der Waals surface area contributed by atoms with Crippen molar-refractivity contribution < 1.29 is 19.0 Å². The van der Waals surface area contributed by atoms with Crippen molar-refractivity contribution in [1.29, 1.82) is 0 Å². The van der Waals surface area contributed by atoms with Gasteiger partial charge in [0.2, 0.25) is 0 Å². The van der Waals surface area contributed by atoms with Crippen LogP contribution >= 0.6 is 0 Å². The van der Waals surface area contributed by atoms with Crippen LogP contribution in [0.15, 0.2) is 30.6 Å². The molecule has 0 radical (unpaired) electrons. The van der Waals surface area contributed by atoms with Crippen molar-refractivity contribution in [2.75, 3.05) is 32.6 Å². The average Bonchev–Trinajstić information content (AvgIpc) is 2.74. The Bertz CT molecular complexity index is 797. The van der Waals surface area contributed by atoms with Gasteiger partial charge in [0.15, 0.2) is 11.5 Å². The summed E-state index contributed by atoms with van der Waals surface area (Å²) < 4.78 is 16.4. The van der Waals surface area contributed by atoms with Crippen LogP contribution in [0.3, 0.4) is 0 Å². The van der Waals surface area contributed by atoms with Crippen molar-refractivity contribution in [3.05, 3.63) is 36.2 Å². The number of aryl methyl sites for hydroxylation is 1. The highest BCUT2D eigenvalue weighted by Gasteiger charge is 2.25. The Kier molecular flexibility index (Phi) is 6.52. The number of hydrogen-bond acceptors (Lipinski definition) is 6. The Labute approximate surface area is 164 Å². The summed E-state index contributed by atoms with van der Waals surface area (Å²) in [7, 11) is 3.13. The van der Waals surface area contributed by atoms with Gasteiger partial charge in [-0.15, -0.1) is 0 Å². The number of nitrogens with zero attached hydrogens (tertiary/aromatic N) is 3. The normalized spacial score (nSPS) is 16.4. The highest BCUT2D eigenvalue weighted by Crippen LogP contribution is 2.30. The van der Waals surface area contributed by atoms with E-state index in [1.807, 2.05) is 0 Å². The molecule has 1 fully saturated rings. The highest BCUT2D eigenvalue weighted by molar-refractivity contribution is 5.89. The number of rotatable bonds is 6. The molecule has 1 aliphatic heterocycles. The van der Waals surface area contributed by atoms with E-state index < -0.39 is 0 Å². The molecule has 1 unspecified atom stereocenters. The zero-order valence-corrected chi connectivity index (χ0v) is 16.5. The van der Waals surface area contributed by atoms with Gasteiger partial charge in [-0.05, 0) is 37.0 Å². The molecule has 1 saturated heterocycles. The maximum Gasteiger partial charge on any atom is 0.321 e. The van der Waals surface area contributed by atoms with E-state index in [-0.39, 0.29) is 12.1 Å². The van der Waals surface area contributed by atoms with Crippen LogP contribution in [0.25, 0.3) is 0 Å². The summed E-state index contributed by atoms with van der Waals surface area (Å²) in [5, 5.41) is 2.90. The number of benzene rings is 1. The summed E-state index contributed by atoms with van der Waals surface area (Å²) in [5.74, 6) is 1.17. The topological polar surface area (TPSA) is 85.8 Å². The van der Waals surface area contributed by atoms with Gasteiger partial charge in [0.25, 0.3) is 0 Å². The van der Waals surface area contributed by atoms with Crippen LogP contribution in [0.1, 0.15) is 25.3 Å². The monoisotopic (exact) mass is 386 g/mol. The van der Waals surface area contributed by atoms with Gasteiger partial charge in [-0.3, -0.25) is 0 Å². The Morgan fingerprint density at radius 3 is 2.64 bits per heavy atom. The maximum atomic E-state index is 12.7. The number of carbonyl (C=O) groups excluding carboxylic acids is 1. The largest absolute Gasteiger partial charge is 0.493 e. The Balaban J connectivity index is 1.59. The van der Waals surface area contributed by atoms with Gasteiger partial charge in [-0.25, -0.2) is 14.8 Å². The third-order valence-electron chi connectivity index (χ3n) is 4.66. The third-order valence-corrected chi connectivity index (χ3v) is 4.66. The number of nitrogens with one attached hydrogen (secondary N) is 1. The SMILES string of the molecule is CCc1cnc(OC2CCCN(C(=O)Nc3ccc(OC)c(OC)c3)C2)nc1. The lowest BCUT2D eigenvalue weighted by Gasteiger charge is -2.32. The Hall–Kier alpha value is -3.03. The number of hydrogen-bond donors (Lipinski definition) is 1. The quantitative estimate of drug-likeness (QED) is 0.821. The minimum atomic E-state index is -0.178. The number of piperidine rings is 1. The molecule has 8 heteroatoms. The lowest BCUT2D eigenvalue weighted by Crippen LogP contribution is -2.46. The molecule has 0 spiro atoms. The van der Waals surface area contributed by atoms with Gasteiger partial charge in [0.05, 0.1) is 20.8 Å². The summed E-state index contributed by atoms with van der Waals surface area (Å²) in [6, 6.07) is 5.44. The summed E-state index contributed by atoms with van der Waals surface area (Å²) in [6.45, 7) is 3.21. The predicted molar refractivity (Wildman–Crippen MR) is 105 cm³/mol. The molecule has 3 rings (SSSR count). The minimum Gasteiger partial charge on any atom is -0.493 e. The first-order chi connectivity index (χ1) is 13.6. The van der Waals surface area contributed by atoms with Crippen molar-refractivity contribution in [2.24, 2.45) is 0 Å². The summed E-state index contributed by atoms with van der Waals surface area (Å²) in [5.41, 5.74) is 1.70. The summed E-state index contributed by atoms with van der Waals surface area (Å²) in [4.78, 5) is 22.9. The van der Waals surface area contributed by atoms with E-state index in [0.717, 1.165) is 24.8 Å². The molecule has 1 atom stereocenters. The summed E-state index contributed by atoms with van der Waals surface area (Å²) in [6.07, 6.45) is 6.01. The molecule has 0 saturated carbocycles. The number of likely N-dealkylation sites (tertiary alicyclic amines) is 1. The van der Waals surface area contributed by atoms with E-state index in [0.29, 0.717) is 36.3 Å². The lowest BCUT2D eigenvalue weighted by molar-refractivity contribution is 0.0982. The van der Waals surface area contributed by atoms with Gasteiger partial charge >= 0.3 is 12.0 Å². The fraction of sp³-hybridized carbons (Fsp3) is 0.450. The molecule has 1 aliphatic rings. The molecule has 150 valence electrons. The van der Waals surface area contributed by atoms with Crippen LogP contribution in [0.2, 0.25) is 0 Å². The number of urea groups is 1. The van der Waals surface area contributed by atoms with Crippen LogP contribution in [0.4, 0.5) is 10.5 Å². The second-order valence-electron chi connectivity index (χ2n) is 6.56. The van der Waals surface area contributed by atoms with E-state index in [2.05, 4.69) is 22.2 Å². The van der Waals surface area contributed by atoms with Crippen molar-refractivity contribution >= 4 is 11.7 Å². The second kappa shape index (κ2) is 9.25. The zero-order valence-electron chi connectivity index (χ0n) is 16.5. The van der Waals surface area contributed by atoms with E-state index in [9.17, 15) is 4.79 Å². The molecule has 0 bridgehead atoms. The number of amides is 2. The van der Waals surface area contributed by atoms with Crippen LogP contribution in [0, 0.1) is 0 Å². The molecule has 1 aromatic heterocycles. The fourth-order valence-corrected chi connectivity index (χ4v) is 3.07. The number of aromatic nitrogens is 2. The molecular weight excluding hydrogens is 360 g/mol. The first-order valence-corrected chi connectivity index (χ1v) is 9.38. The van der Waals surface area contributed by atoms with E-state index in [4.69, 9.17) is 14.2 Å². The van der Waals surface area contributed by atoms with Gasteiger partial charge in [0, 0.05) is 30.7 Å². The van der Waals surface area contributed by atoms with Crippen molar-refractivity contribution in [1.82, 2.24) is 14.9 Å². The average molecular weight is 386 g/mol. The van der Waals surface area contributed by atoms with Crippen LogP contribution in [0.5, 0.6) is 17.5 Å². The molecule has 8 nitrogen and oxygen atoms in total. The van der Waals surface area contributed by atoms with E-state index in [1.165, 1.54) is 0 Å². The summed E-state index contributed by atoms with van der Waals surface area (Å²) >= 11 is 0. The molecule has 2 heterocycles. The Morgan fingerprint density at radius 1 is 1.21 bits per heavy atom. The Morgan fingerprint density at radius 2 is 1.96 bits per heavy atom. The van der Waals surface area contributed by atoms with Crippen LogP contribution in [-0.4, -0.2) is 54.3 Å². The number of anilines is 1. The molecule has 1 aromatic carbocycles. The molecule has 1 N–H and O–H groups in total. The standard InChI is InChI=1S/C20H26N4O4/c1-4-14-11-21-19(22-12-14)28-16-6-5-9-24(13-16)20(25)23-15-7-8-17(26-2)18(10-15)27-3/h7-8,10-12,16H,4-6,9,13H2,1-3H3,(H,23,25).